The van der Waals surface area contributed by atoms with Crippen molar-refractivity contribution in [2.45, 2.75) is 25.3 Å². The minimum absolute atomic E-state index is 0.256. The van der Waals surface area contributed by atoms with Gasteiger partial charge >= 0.3 is 5.97 Å². The van der Waals surface area contributed by atoms with E-state index in [0.29, 0.717) is 5.56 Å². The average molecular weight is 321 g/mol. The molecule has 2 N–H and O–H groups in total. The molecule has 0 aliphatic rings. The van der Waals surface area contributed by atoms with Gasteiger partial charge in [0.2, 0.25) is 5.91 Å². The molecule has 22 heavy (non-hydrogen) atoms. The van der Waals surface area contributed by atoms with Gasteiger partial charge in [-0.05, 0) is 47.0 Å². The largest absolute Gasteiger partial charge is 0.481 e. The zero-order valence-corrected chi connectivity index (χ0v) is 12.8. The van der Waals surface area contributed by atoms with Crippen molar-refractivity contribution < 1.29 is 19.1 Å². The maximum Gasteiger partial charge on any atom is 0.305 e. The van der Waals surface area contributed by atoms with Gasteiger partial charge in [-0.15, -0.1) is 0 Å². The summed E-state index contributed by atoms with van der Waals surface area (Å²) in [5.74, 6) is -2.06. The van der Waals surface area contributed by atoms with Crippen LogP contribution < -0.4 is 5.32 Å². The highest BCUT2D eigenvalue weighted by Crippen LogP contribution is 2.22. The number of benzene rings is 1. The minimum atomic E-state index is -1.03. The summed E-state index contributed by atoms with van der Waals surface area (Å²) in [4.78, 5) is 23.3. The highest BCUT2D eigenvalue weighted by molar-refractivity contribution is 7.08. The summed E-state index contributed by atoms with van der Waals surface area (Å²) in [6.45, 7) is 1.76. The molecule has 116 valence electrons. The number of nitrogens with one attached hydrogen (secondary N) is 1. The molecule has 0 unspecified atom stereocenters. The maximum absolute atomic E-state index is 13.0. The summed E-state index contributed by atoms with van der Waals surface area (Å²) in [6, 6.07) is 6.64. The zero-order chi connectivity index (χ0) is 16.1. The second kappa shape index (κ2) is 7.17. The van der Waals surface area contributed by atoms with Crippen LogP contribution in [0.2, 0.25) is 0 Å². The molecule has 1 aromatic heterocycles. The van der Waals surface area contributed by atoms with E-state index >= 15 is 0 Å². The van der Waals surface area contributed by atoms with Gasteiger partial charge in [0.1, 0.15) is 5.82 Å². The van der Waals surface area contributed by atoms with Crippen molar-refractivity contribution in [3.05, 3.63) is 58.0 Å². The van der Waals surface area contributed by atoms with Gasteiger partial charge in [0.25, 0.3) is 0 Å². The lowest BCUT2D eigenvalue weighted by Gasteiger charge is -2.20. The Morgan fingerprint density at radius 3 is 2.45 bits per heavy atom. The van der Waals surface area contributed by atoms with Crippen molar-refractivity contribution in [3.8, 4) is 0 Å². The maximum atomic E-state index is 13.0. The van der Waals surface area contributed by atoms with Crippen LogP contribution in [0.4, 0.5) is 4.39 Å². The smallest absolute Gasteiger partial charge is 0.305 e. The second-order valence-corrected chi connectivity index (χ2v) is 5.77. The lowest BCUT2D eigenvalue weighted by Crippen LogP contribution is -2.33. The summed E-state index contributed by atoms with van der Waals surface area (Å²) in [6.07, 6.45) is -0.256. The molecular formula is C16H16FNO3S. The number of carbonyl (C=O) groups is 2. The molecular weight excluding hydrogens is 305 g/mol. The zero-order valence-electron chi connectivity index (χ0n) is 12.0. The number of thiophene rings is 1. The van der Waals surface area contributed by atoms with Crippen molar-refractivity contribution in [2.75, 3.05) is 0 Å². The third-order valence-electron chi connectivity index (χ3n) is 3.40. The molecule has 0 aliphatic carbocycles. The number of hydrogen-bond acceptors (Lipinski definition) is 3. The third-order valence-corrected chi connectivity index (χ3v) is 4.11. The number of carbonyl (C=O) groups excluding carboxylic acids is 1. The first-order chi connectivity index (χ1) is 10.5. The molecule has 0 radical (unpaired) electrons. The van der Waals surface area contributed by atoms with Crippen molar-refractivity contribution >= 4 is 23.2 Å². The van der Waals surface area contributed by atoms with E-state index in [4.69, 9.17) is 5.11 Å². The van der Waals surface area contributed by atoms with Crippen LogP contribution >= 0.6 is 11.3 Å². The summed E-state index contributed by atoms with van der Waals surface area (Å²) < 4.78 is 13.0. The van der Waals surface area contributed by atoms with Gasteiger partial charge in [-0.1, -0.05) is 12.1 Å². The highest BCUT2D eigenvalue weighted by atomic mass is 32.1. The number of rotatable bonds is 6. The summed E-state index contributed by atoms with van der Waals surface area (Å²) in [7, 11) is 0. The van der Waals surface area contributed by atoms with Crippen LogP contribution in [-0.4, -0.2) is 17.0 Å². The molecule has 1 amide bonds. The predicted octanol–water partition coefficient (Wildman–Crippen LogP) is 3.32. The number of aliphatic carboxylic acids is 1. The number of amides is 1. The normalized spacial score (nSPS) is 13.4. The number of carboxylic acid groups (broad SMARTS) is 1. The van der Waals surface area contributed by atoms with Crippen molar-refractivity contribution in [1.29, 1.82) is 0 Å². The molecule has 1 aromatic carbocycles. The van der Waals surface area contributed by atoms with Gasteiger partial charge in [0, 0.05) is 0 Å². The molecule has 2 atom stereocenters. The fourth-order valence-electron chi connectivity index (χ4n) is 2.09. The van der Waals surface area contributed by atoms with E-state index in [-0.39, 0.29) is 18.2 Å². The lowest BCUT2D eigenvalue weighted by atomic mass is 10.00. The summed E-state index contributed by atoms with van der Waals surface area (Å²) in [5, 5.41) is 15.5. The number of hydrogen-bond donors (Lipinski definition) is 2. The van der Waals surface area contributed by atoms with Crippen LogP contribution in [0.3, 0.4) is 0 Å². The van der Waals surface area contributed by atoms with E-state index in [2.05, 4.69) is 5.32 Å². The van der Waals surface area contributed by atoms with Gasteiger partial charge in [0.15, 0.2) is 0 Å². The fourth-order valence-corrected chi connectivity index (χ4v) is 2.85. The van der Waals surface area contributed by atoms with E-state index in [1.54, 1.807) is 6.92 Å². The third kappa shape index (κ3) is 4.14. The molecule has 0 spiro atoms. The van der Waals surface area contributed by atoms with E-state index < -0.39 is 17.8 Å². The molecule has 2 rings (SSSR count). The quantitative estimate of drug-likeness (QED) is 0.857. The molecule has 1 heterocycles. The average Bonchev–Trinajstić information content (AvgIpc) is 3.00. The Hall–Kier alpha value is -2.21. The monoisotopic (exact) mass is 321 g/mol. The number of halogens is 1. The standard InChI is InChI=1S/C16H16FNO3S/c1-10(12-6-7-22-9-12)16(21)18-14(8-15(19)20)11-2-4-13(17)5-3-11/h2-7,9-10,14H,8H2,1H3,(H,18,21)(H,19,20)/t10-,14-/m1/s1. The Balaban J connectivity index is 2.14. The van der Waals surface area contributed by atoms with E-state index in [1.165, 1.54) is 35.6 Å². The van der Waals surface area contributed by atoms with Crippen molar-refractivity contribution in [1.82, 2.24) is 5.32 Å². The molecule has 0 aliphatic heterocycles. The molecule has 0 bridgehead atoms. The van der Waals surface area contributed by atoms with Crippen molar-refractivity contribution in [2.24, 2.45) is 0 Å². The van der Waals surface area contributed by atoms with Crippen molar-refractivity contribution in [3.63, 3.8) is 0 Å². The predicted molar refractivity (Wildman–Crippen MR) is 82.3 cm³/mol. The molecule has 2 aromatic rings. The van der Waals surface area contributed by atoms with E-state index in [0.717, 1.165) is 5.56 Å². The minimum Gasteiger partial charge on any atom is -0.481 e. The Bertz CT molecular complexity index is 640. The van der Waals surface area contributed by atoms with E-state index in [1.807, 2.05) is 16.8 Å². The molecule has 6 heteroatoms. The molecule has 0 fully saturated rings. The van der Waals surface area contributed by atoms with Gasteiger partial charge in [0.05, 0.1) is 18.4 Å². The summed E-state index contributed by atoms with van der Waals surface area (Å²) >= 11 is 1.50. The first-order valence-corrected chi connectivity index (χ1v) is 7.71. The topological polar surface area (TPSA) is 66.4 Å². The first-order valence-electron chi connectivity index (χ1n) is 6.77. The van der Waals surface area contributed by atoms with Gasteiger partial charge < -0.3 is 10.4 Å². The van der Waals surface area contributed by atoms with Crippen LogP contribution in [0.5, 0.6) is 0 Å². The Morgan fingerprint density at radius 2 is 1.91 bits per heavy atom. The van der Waals surface area contributed by atoms with Crippen LogP contribution in [-0.2, 0) is 9.59 Å². The van der Waals surface area contributed by atoms with Gasteiger partial charge in [-0.25, -0.2) is 4.39 Å². The fraction of sp³-hybridized carbons (Fsp3) is 0.250. The number of carboxylic acids is 1. The molecule has 0 saturated carbocycles. The Kier molecular flexibility index (Phi) is 5.27. The van der Waals surface area contributed by atoms with Crippen LogP contribution in [0.1, 0.15) is 36.4 Å². The highest BCUT2D eigenvalue weighted by Gasteiger charge is 2.22. The van der Waals surface area contributed by atoms with Gasteiger partial charge in [-0.2, -0.15) is 11.3 Å². The van der Waals surface area contributed by atoms with Crippen LogP contribution in [0, 0.1) is 5.82 Å². The lowest BCUT2D eigenvalue weighted by molar-refractivity contribution is -0.137. The molecule has 0 saturated heterocycles. The summed E-state index contributed by atoms with van der Waals surface area (Å²) in [5.41, 5.74) is 1.45. The van der Waals surface area contributed by atoms with Crippen LogP contribution in [0.15, 0.2) is 41.1 Å². The second-order valence-electron chi connectivity index (χ2n) is 4.99. The Morgan fingerprint density at radius 1 is 1.23 bits per heavy atom. The SMILES string of the molecule is C[C@@H](C(=O)N[C@H](CC(=O)O)c1ccc(F)cc1)c1ccsc1. The van der Waals surface area contributed by atoms with Gasteiger partial charge in [-0.3, -0.25) is 9.59 Å². The van der Waals surface area contributed by atoms with E-state index in [9.17, 15) is 14.0 Å². The molecule has 4 nitrogen and oxygen atoms in total. The van der Waals surface area contributed by atoms with Crippen LogP contribution in [0.25, 0.3) is 0 Å². The Labute approximate surface area is 131 Å². The first kappa shape index (κ1) is 16.2.